The van der Waals surface area contributed by atoms with Gasteiger partial charge in [0, 0.05) is 0 Å². The van der Waals surface area contributed by atoms with Crippen molar-refractivity contribution in [3.8, 4) is 66.8 Å². The van der Waals surface area contributed by atoms with Crippen molar-refractivity contribution in [2.24, 2.45) is 0 Å². The van der Waals surface area contributed by atoms with Gasteiger partial charge >= 0.3 is 0 Å². The van der Waals surface area contributed by atoms with Crippen molar-refractivity contribution in [1.29, 1.82) is 0 Å². The monoisotopic (exact) mass is 1360 g/mol. The van der Waals surface area contributed by atoms with Crippen LogP contribution in [0.25, 0.3) is 153 Å². The Hall–Kier alpha value is -11.2. The zero-order valence-corrected chi connectivity index (χ0v) is 64.6. The Morgan fingerprint density at radius 1 is 0.208 bits per heavy atom. The molecule has 3 aliphatic carbocycles. The minimum atomic E-state index is 1.00. The van der Waals surface area contributed by atoms with E-state index in [0.29, 0.717) is 0 Å². The van der Waals surface area contributed by atoms with Crippen molar-refractivity contribution < 1.29 is 0 Å². The van der Waals surface area contributed by atoms with Gasteiger partial charge in [-0.3, -0.25) is 0 Å². The number of aryl methyl sites for hydroxylation is 8. The van der Waals surface area contributed by atoms with Crippen LogP contribution in [0, 0.1) is 111 Å². The largest absolute Gasteiger partial charge is 0.0622 e. The third kappa shape index (κ3) is 9.85. The van der Waals surface area contributed by atoms with Crippen LogP contribution in [0.1, 0.15) is 130 Å². The molecular weight excluding hydrogens is 1270 g/mol. The van der Waals surface area contributed by atoms with Crippen molar-refractivity contribution in [2.75, 3.05) is 0 Å². The Morgan fingerprint density at radius 2 is 0.566 bits per heavy atom. The third-order valence-electron chi connectivity index (χ3n) is 26.8. The van der Waals surface area contributed by atoms with Crippen LogP contribution in [0.5, 0.6) is 0 Å². The third-order valence-corrected chi connectivity index (χ3v) is 26.8. The molecule has 3 aliphatic rings. The van der Waals surface area contributed by atoms with Crippen molar-refractivity contribution in [2.45, 2.75) is 136 Å². The summed E-state index contributed by atoms with van der Waals surface area (Å²) in [5.74, 6) is 0. The molecule has 19 rings (SSSR count). The maximum Gasteiger partial charge on any atom is -0.00134 e. The topological polar surface area (TPSA) is 0 Å². The van der Waals surface area contributed by atoms with Crippen LogP contribution in [0.3, 0.4) is 0 Å². The van der Waals surface area contributed by atoms with Gasteiger partial charge in [-0.15, -0.1) is 0 Å². The van der Waals surface area contributed by atoms with Gasteiger partial charge in [0.25, 0.3) is 0 Å². The Balaban J connectivity index is 0.000000151. The molecule has 0 heterocycles. The van der Waals surface area contributed by atoms with E-state index in [4.69, 9.17) is 0 Å². The molecule has 0 fully saturated rings. The van der Waals surface area contributed by atoms with E-state index in [0.717, 1.165) is 25.7 Å². The highest BCUT2D eigenvalue weighted by Crippen LogP contribution is 2.57. The highest BCUT2D eigenvalue weighted by Gasteiger charge is 2.33. The summed E-state index contributed by atoms with van der Waals surface area (Å²) in [6.45, 7) is 37.7. The molecule has 0 atom stereocenters. The molecule has 0 saturated carbocycles. The number of allylic oxidation sites excluding steroid dienone is 4. The second-order valence-electron chi connectivity index (χ2n) is 31.5. The average Bonchev–Trinajstić information content (AvgIpc) is 0.716. The lowest BCUT2D eigenvalue weighted by Crippen LogP contribution is -2.06. The summed E-state index contributed by atoms with van der Waals surface area (Å²) in [6.07, 6.45) is 6.88. The highest BCUT2D eigenvalue weighted by atomic mass is 14.4. The van der Waals surface area contributed by atoms with Crippen LogP contribution >= 0.6 is 0 Å². The normalized spacial score (nSPS) is 13.2. The molecule has 106 heavy (non-hydrogen) atoms. The van der Waals surface area contributed by atoms with Gasteiger partial charge in [-0.1, -0.05) is 218 Å². The molecule has 0 saturated heterocycles. The van der Waals surface area contributed by atoms with Crippen molar-refractivity contribution >= 4 is 86.6 Å². The lowest BCUT2D eigenvalue weighted by Gasteiger charge is -2.29. The summed E-state index contributed by atoms with van der Waals surface area (Å²) in [6, 6.07) is 79.6. The smallest absolute Gasteiger partial charge is 0.00134 e. The fourth-order valence-electron chi connectivity index (χ4n) is 19.9. The van der Waals surface area contributed by atoms with E-state index in [1.54, 1.807) is 5.57 Å². The Kier molecular flexibility index (Phi) is 15.9. The van der Waals surface area contributed by atoms with Gasteiger partial charge in [-0.2, -0.15) is 0 Å². The van der Waals surface area contributed by atoms with Gasteiger partial charge in [0.15, 0.2) is 0 Å². The molecule has 0 bridgehead atoms. The summed E-state index contributed by atoms with van der Waals surface area (Å²) >= 11 is 0. The van der Waals surface area contributed by atoms with E-state index in [2.05, 4.69) is 329 Å². The molecule has 0 amide bonds. The number of hydrogen-bond acceptors (Lipinski definition) is 0. The van der Waals surface area contributed by atoms with Gasteiger partial charge in [-0.25, -0.2) is 0 Å². The summed E-state index contributed by atoms with van der Waals surface area (Å²) in [7, 11) is 0. The van der Waals surface area contributed by atoms with Crippen LogP contribution in [-0.2, 0) is 12.8 Å². The molecule has 0 aromatic heterocycles. The first-order chi connectivity index (χ1) is 51.3. The fraction of sp³-hybridized carbons (Fsp3) is 0.189. The van der Waals surface area contributed by atoms with E-state index in [9.17, 15) is 0 Å². The predicted molar refractivity (Wildman–Crippen MR) is 461 cm³/mol. The minimum absolute atomic E-state index is 1.00. The molecule has 516 valence electrons. The van der Waals surface area contributed by atoms with Crippen LogP contribution in [0.2, 0.25) is 0 Å². The average molecular weight is 1370 g/mol. The van der Waals surface area contributed by atoms with E-state index < -0.39 is 0 Å². The Morgan fingerprint density at radius 3 is 1.08 bits per heavy atom. The van der Waals surface area contributed by atoms with E-state index in [-0.39, 0.29) is 0 Å². The van der Waals surface area contributed by atoms with Gasteiger partial charge in [-0.05, 0) is 413 Å². The van der Waals surface area contributed by atoms with Crippen molar-refractivity contribution in [3.63, 3.8) is 0 Å². The molecule has 16 aromatic rings. The standard InChI is InChI=1S/C55H46.C51H46/c1-30-32(3)36(7)52-50(34(30)5)54(41-25-24-40-28-39-17-10-12-20-43(39)49(40)29-41)51-35(6)31(2)33(4)37(8)53(51)55(52)48-27-26-47(45-21-13-14-22-46(45)48)44-23-15-18-38-16-9-11-19-42(38)44;1-28-30(3)34(7)48-46(32(28)5)50(39-23-22-38-26-37-18-12-13-19-40(37)45(38)27-39)47-33(6)29(2)31(4)35(8)49(47)51(48)44-25-24-41(36-16-10-9-11-17-36)42-20-14-15-21-43(42)44/h9-27,29H,28H2,1-8H3;9-21,24-25,27H,22-23,26H2,1-8H3. The van der Waals surface area contributed by atoms with Crippen molar-refractivity contribution in [1.82, 2.24) is 0 Å². The quantitative estimate of drug-likeness (QED) is 0.146. The minimum Gasteiger partial charge on any atom is -0.0622 e. The molecule has 0 unspecified atom stereocenters. The maximum atomic E-state index is 2.59. The first-order valence-electron chi connectivity index (χ1n) is 38.5. The first kappa shape index (κ1) is 66.8. The fourth-order valence-corrected chi connectivity index (χ4v) is 19.9. The summed E-state index contributed by atoms with van der Waals surface area (Å²) in [5.41, 5.74) is 50.1. The predicted octanol–water partition coefficient (Wildman–Crippen LogP) is 29.5. The summed E-state index contributed by atoms with van der Waals surface area (Å²) in [5, 5.41) is 19.1. The molecule has 16 aromatic carbocycles. The molecule has 0 nitrogen and oxygen atoms in total. The molecular formula is C106H92. The second kappa shape index (κ2) is 25.3. The first-order valence-corrected chi connectivity index (χ1v) is 38.5. The number of hydrogen-bond donors (Lipinski definition) is 0. The number of benzene rings is 16. The number of rotatable bonds is 6. The molecule has 0 radical (unpaired) electrons. The lowest BCUT2D eigenvalue weighted by atomic mass is 9.74. The van der Waals surface area contributed by atoms with E-state index in [1.165, 1.54) is 270 Å². The van der Waals surface area contributed by atoms with Gasteiger partial charge in [0.2, 0.25) is 0 Å². The molecule has 0 heteroatoms. The lowest BCUT2D eigenvalue weighted by molar-refractivity contribution is 0.949. The molecule has 0 aliphatic heterocycles. The van der Waals surface area contributed by atoms with E-state index in [1.807, 2.05) is 0 Å². The molecule has 0 spiro atoms. The number of fused-ring (bicyclic) bond motifs is 12. The highest BCUT2D eigenvalue weighted by molar-refractivity contribution is 6.29. The van der Waals surface area contributed by atoms with Gasteiger partial charge in [0.05, 0.1) is 0 Å². The van der Waals surface area contributed by atoms with Crippen LogP contribution in [-0.4, -0.2) is 0 Å². The van der Waals surface area contributed by atoms with Gasteiger partial charge in [0.1, 0.15) is 0 Å². The van der Waals surface area contributed by atoms with Crippen LogP contribution in [0.4, 0.5) is 0 Å². The SMILES string of the molecule is Cc1c(C)c(C)c2c(-c3ccc(-c4cccc5ccccc45)c4ccccc34)c3c(C)c(C)c(C)c(C)c3c(-c3ccc4c(c3)-c3ccccc3C4)c2c1C.Cc1c(C)c(C)c2c(-c3ccc(-c4ccccc4)c4ccccc34)c3c(C)c(C)c(C)c(C)c3c(C3=CC4=C(CC3)Cc3ccccc34)c2c1C. The maximum absolute atomic E-state index is 2.59. The summed E-state index contributed by atoms with van der Waals surface area (Å²) < 4.78 is 0. The van der Waals surface area contributed by atoms with Crippen LogP contribution < -0.4 is 0 Å². The van der Waals surface area contributed by atoms with Crippen molar-refractivity contribution in [3.05, 3.63) is 341 Å². The van der Waals surface area contributed by atoms with Gasteiger partial charge < -0.3 is 0 Å². The second-order valence-corrected chi connectivity index (χ2v) is 31.5. The zero-order chi connectivity index (χ0) is 73.2. The molecule has 0 N–H and O–H groups in total. The zero-order valence-electron chi connectivity index (χ0n) is 64.6. The Bertz CT molecular complexity index is 6480. The van der Waals surface area contributed by atoms with Crippen LogP contribution in [0.15, 0.2) is 224 Å². The van der Waals surface area contributed by atoms with E-state index >= 15 is 0 Å². The summed E-state index contributed by atoms with van der Waals surface area (Å²) in [4.78, 5) is 0. The Labute approximate surface area is 626 Å².